The molecule has 0 radical (unpaired) electrons. The molecule has 0 aliphatic carbocycles. The van der Waals surface area contributed by atoms with E-state index in [0.717, 1.165) is 16.9 Å². The molecule has 3 aromatic rings. The highest BCUT2D eigenvalue weighted by Crippen LogP contribution is 2.26. The first-order chi connectivity index (χ1) is 11.6. The van der Waals surface area contributed by atoms with E-state index >= 15 is 0 Å². The first-order valence-electron chi connectivity index (χ1n) is 7.99. The monoisotopic (exact) mass is 324 g/mol. The molecular formula is C19H20N2O3. The molecule has 1 aromatic heterocycles. The third-order valence-corrected chi connectivity index (χ3v) is 3.89. The molecule has 3 rings (SSSR count). The van der Waals surface area contributed by atoms with Gasteiger partial charge in [-0.3, -0.25) is 0 Å². The summed E-state index contributed by atoms with van der Waals surface area (Å²) in [5, 5.41) is 9.40. The van der Waals surface area contributed by atoms with E-state index in [-0.39, 0.29) is 12.6 Å². The van der Waals surface area contributed by atoms with Crippen molar-refractivity contribution < 1.29 is 14.6 Å². The van der Waals surface area contributed by atoms with Crippen molar-refractivity contribution in [3.63, 3.8) is 0 Å². The molecule has 1 heterocycles. The number of aliphatic hydroxyl groups excluding tert-OH is 1. The maximum Gasteiger partial charge on any atom is 0.338 e. The van der Waals surface area contributed by atoms with Crippen LogP contribution in [0, 0.1) is 6.92 Å². The van der Waals surface area contributed by atoms with Crippen LogP contribution in [0.15, 0.2) is 42.5 Å². The van der Waals surface area contributed by atoms with Crippen LogP contribution in [0.25, 0.3) is 22.4 Å². The zero-order valence-electron chi connectivity index (χ0n) is 13.8. The zero-order chi connectivity index (χ0) is 17.1. The fourth-order valence-electron chi connectivity index (χ4n) is 2.72. The molecule has 0 amide bonds. The number of esters is 1. The number of imidazole rings is 1. The Morgan fingerprint density at radius 1 is 1.21 bits per heavy atom. The van der Waals surface area contributed by atoms with Crippen LogP contribution in [0.3, 0.4) is 0 Å². The third kappa shape index (κ3) is 3.03. The highest BCUT2D eigenvalue weighted by molar-refractivity contribution is 5.94. The second-order valence-electron chi connectivity index (χ2n) is 5.60. The summed E-state index contributed by atoms with van der Waals surface area (Å²) in [6.07, 6.45) is 0. The van der Waals surface area contributed by atoms with Gasteiger partial charge >= 0.3 is 5.97 Å². The topological polar surface area (TPSA) is 64.3 Å². The molecule has 5 heteroatoms. The van der Waals surface area contributed by atoms with Crippen LogP contribution in [-0.4, -0.2) is 33.8 Å². The SMILES string of the molecule is CCOC(=O)c1ccc2c(c1)nc(-c1ccc(C)cc1)n2CCO. The number of aryl methyl sites for hydroxylation is 1. The number of carbonyl (C=O) groups is 1. The van der Waals surface area contributed by atoms with Gasteiger partial charge in [0.25, 0.3) is 0 Å². The third-order valence-electron chi connectivity index (χ3n) is 3.89. The lowest BCUT2D eigenvalue weighted by Gasteiger charge is -2.08. The molecule has 0 fully saturated rings. The normalized spacial score (nSPS) is 11.0. The molecule has 0 aliphatic heterocycles. The molecule has 1 N–H and O–H groups in total. The number of aromatic nitrogens is 2. The average molecular weight is 324 g/mol. The van der Waals surface area contributed by atoms with Crippen molar-refractivity contribution in [3.8, 4) is 11.4 Å². The van der Waals surface area contributed by atoms with Crippen LogP contribution >= 0.6 is 0 Å². The van der Waals surface area contributed by atoms with Crippen molar-refractivity contribution in [2.75, 3.05) is 13.2 Å². The Bertz CT molecular complexity index is 866. The van der Waals surface area contributed by atoms with E-state index in [1.54, 1.807) is 19.1 Å². The van der Waals surface area contributed by atoms with Crippen LogP contribution < -0.4 is 0 Å². The Morgan fingerprint density at radius 2 is 1.96 bits per heavy atom. The van der Waals surface area contributed by atoms with Gasteiger partial charge in [0.1, 0.15) is 5.82 Å². The van der Waals surface area contributed by atoms with Gasteiger partial charge in [-0.2, -0.15) is 0 Å². The van der Waals surface area contributed by atoms with Crippen LogP contribution in [-0.2, 0) is 11.3 Å². The minimum atomic E-state index is -0.354. The van der Waals surface area contributed by atoms with Gasteiger partial charge in [0.05, 0.1) is 29.8 Å². The highest BCUT2D eigenvalue weighted by Gasteiger charge is 2.15. The van der Waals surface area contributed by atoms with Gasteiger partial charge < -0.3 is 14.4 Å². The molecule has 5 nitrogen and oxygen atoms in total. The van der Waals surface area contributed by atoms with Crippen LogP contribution in [0.5, 0.6) is 0 Å². The molecule has 0 spiro atoms. The molecule has 0 bridgehead atoms. The Labute approximate surface area is 140 Å². The lowest BCUT2D eigenvalue weighted by atomic mass is 10.1. The number of hydrogen-bond acceptors (Lipinski definition) is 4. The van der Waals surface area contributed by atoms with E-state index in [4.69, 9.17) is 4.74 Å². The number of fused-ring (bicyclic) bond motifs is 1. The number of ether oxygens (including phenoxy) is 1. The van der Waals surface area contributed by atoms with Gasteiger partial charge in [-0.15, -0.1) is 0 Å². The summed E-state index contributed by atoms with van der Waals surface area (Å²) >= 11 is 0. The summed E-state index contributed by atoms with van der Waals surface area (Å²) in [6, 6.07) is 13.4. The number of rotatable bonds is 5. The molecule has 124 valence electrons. The Morgan fingerprint density at radius 3 is 2.62 bits per heavy atom. The predicted molar refractivity (Wildman–Crippen MR) is 92.9 cm³/mol. The van der Waals surface area contributed by atoms with E-state index in [2.05, 4.69) is 4.98 Å². The Hall–Kier alpha value is -2.66. The molecule has 2 aromatic carbocycles. The van der Waals surface area contributed by atoms with E-state index in [0.29, 0.717) is 24.2 Å². The van der Waals surface area contributed by atoms with E-state index < -0.39 is 0 Å². The standard InChI is InChI=1S/C19H20N2O3/c1-3-24-19(23)15-8-9-17-16(12-15)20-18(21(17)10-11-22)14-6-4-13(2)5-7-14/h4-9,12,22H,3,10-11H2,1-2H3. The van der Waals surface area contributed by atoms with Crippen LogP contribution in [0.1, 0.15) is 22.8 Å². The minimum Gasteiger partial charge on any atom is -0.462 e. The second kappa shape index (κ2) is 6.84. The summed E-state index contributed by atoms with van der Waals surface area (Å²) in [4.78, 5) is 16.6. The van der Waals surface area contributed by atoms with E-state index in [1.807, 2.05) is 41.8 Å². The number of nitrogens with zero attached hydrogens (tertiary/aromatic N) is 2. The van der Waals surface area contributed by atoms with Gasteiger partial charge in [-0.25, -0.2) is 9.78 Å². The maximum absolute atomic E-state index is 11.9. The predicted octanol–water partition coefficient (Wildman–Crippen LogP) is 3.18. The van der Waals surface area contributed by atoms with Crippen molar-refractivity contribution in [1.29, 1.82) is 0 Å². The van der Waals surface area contributed by atoms with Crippen molar-refractivity contribution in [3.05, 3.63) is 53.6 Å². The second-order valence-corrected chi connectivity index (χ2v) is 5.60. The van der Waals surface area contributed by atoms with Crippen LogP contribution in [0.4, 0.5) is 0 Å². The van der Waals surface area contributed by atoms with E-state index in [1.165, 1.54) is 5.56 Å². The van der Waals surface area contributed by atoms with Crippen LogP contribution in [0.2, 0.25) is 0 Å². The molecule has 0 saturated carbocycles. The number of hydrogen-bond donors (Lipinski definition) is 1. The van der Waals surface area contributed by atoms with Crippen molar-refractivity contribution in [2.45, 2.75) is 20.4 Å². The largest absolute Gasteiger partial charge is 0.462 e. The number of carbonyl (C=O) groups excluding carboxylic acids is 1. The first kappa shape index (κ1) is 16.2. The van der Waals surface area contributed by atoms with Gasteiger partial charge in [-0.1, -0.05) is 29.8 Å². The van der Waals surface area contributed by atoms with Gasteiger partial charge in [0.15, 0.2) is 0 Å². The van der Waals surface area contributed by atoms with Crippen molar-refractivity contribution >= 4 is 17.0 Å². The quantitative estimate of drug-likeness (QED) is 0.732. The highest BCUT2D eigenvalue weighted by atomic mass is 16.5. The van der Waals surface area contributed by atoms with Crippen molar-refractivity contribution in [2.24, 2.45) is 0 Å². The molecule has 0 aliphatic rings. The van der Waals surface area contributed by atoms with Gasteiger partial charge in [0, 0.05) is 12.1 Å². The molecule has 0 saturated heterocycles. The minimum absolute atomic E-state index is 0.0178. The maximum atomic E-state index is 11.9. The number of aliphatic hydroxyl groups is 1. The summed E-state index contributed by atoms with van der Waals surface area (Å²) in [5.41, 5.74) is 4.22. The molecule has 0 unspecified atom stereocenters. The summed E-state index contributed by atoms with van der Waals surface area (Å²) in [5.74, 6) is 0.424. The lowest BCUT2D eigenvalue weighted by molar-refractivity contribution is 0.0526. The summed E-state index contributed by atoms with van der Waals surface area (Å²) < 4.78 is 7.01. The molecule has 24 heavy (non-hydrogen) atoms. The average Bonchev–Trinajstić information content (AvgIpc) is 2.94. The Balaban J connectivity index is 2.12. The van der Waals surface area contributed by atoms with Crippen molar-refractivity contribution in [1.82, 2.24) is 9.55 Å². The fraction of sp³-hybridized carbons (Fsp3) is 0.263. The van der Waals surface area contributed by atoms with E-state index in [9.17, 15) is 9.90 Å². The smallest absolute Gasteiger partial charge is 0.338 e. The van der Waals surface area contributed by atoms with Gasteiger partial charge in [-0.05, 0) is 32.0 Å². The lowest BCUT2D eigenvalue weighted by Crippen LogP contribution is -2.05. The molecular weight excluding hydrogens is 304 g/mol. The summed E-state index contributed by atoms with van der Waals surface area (Å²) in [7, 11) is 0. The fourth-order valence-corrected chi connectivity index (χ4v) is 2.72. The number of benzene rings is 2. The Kier molecular flexibility index (Phi) is 4.62. The summed E-state index contributed by atoms with van der Waals surface area (Å²) in [6.45, 7) is 4.61. The first-order valence-corrected chi connectivity index (χ1v) is 7.99. The van der Waals surface area contributed by atoms with Gasteiger partial charge in [0.2, 0.25) is 0 Å². The molecule has 0 atom stereocenters. The zero-order valence-corrected chi connectivity index (χ0v) is 13.8.